The zero-order valence-corrected chi connectivity index (χ0v) is 20.3. The third-order valence-electron chi connectivity index (χ3n) is 4.45. The molecular weight excluding hydrogens is 493 g/mol. The van der Waals surface area contributed by atoms with Crippen molar-refractivity contribution >= 4 is 64.1 Å². The highest BCUT2D eigenvalue weighted by atomic mass is 35.5. The summed E-state index contributed by atoms with van der Waals surface area (Å²) in [6.07, 6.45) is 0. The maximum Gasteiger partial charge on any atom is 0.253 e. The molecule has 1 atom stereocenters. The Bertz CT molecular complexity index is 1140. The number of aromatic nitrogens is 3. The molecule has 0 aliphatic rings. The fourth-order valence-electron chi connectivity index (χ4n) is 2.91. The van der Waals surface area contributed by atoms with Gasteiger partial charge in [0, 0.05) is 12.2 Å². The van der Waals surface area contributed by atoms with Crippen LogP contribution in [0.2, 0.25) is 15.1 Å². The van der Waals surface area contributed by atoms with Gasteiger partial charge in [-0.3, -0.25) is 9.59 Å². The van der Waals surface area contributed by atoms with Crippen LogP contribution in [-0.2, 0) is 11.3 Å². The average Bonchev–Trinajstić information content (AvgIpc) is 3.18. The number of carbonyl (C=O) groups excluding carboxylic acids is 2. The van der Waals surface area contributed by atoms with Gasteiger partial charge < -0.3 is 15.2 Å². The van der Waals surface area contributed by atoms with Crippen LogP contribution in [0, 0.1) is 0 Å². The molecule has 168 valence electrons. The van der Waals surface area contributed by atoms with E-state index in [1.807, 2.05) is 18.4 Å². The molecule has 0 unspecified atom stereocenters. The van der Waals surface area contributed by atoms with Crippen LogP contribution in [0.25, 0.3) is 0 Å². The number of rotatable bonds is 8. The monoisotopic (exact) mass is 511 g/mol. The molecule has 0 aliphatic carbocycles. The summed E-state index contributed by atoms with van der Waals surface area (Å²) in [5.41, 5.74) is 0.940. The summed E-state index contributed by atoms with van der Waals surface area (Å²) in [4.78, 5) is 24.9. The summed E-state index contributed by atoms with van der Waals surface area (Å²) >= 11 is 19.2. The summed E-state index contributed by atoms with van der Waals surface area (Å²) in [6, 6.07) is 11.3. The maximum atomic E-state index is 12.6. The van der Waals surface area contributed by atoms with Gasteiger partial charge in [0.1, 0.15) is 0 Å². The van der Waals surface area contributed by atoms with E-state index in [4.69, 9.17) is 34.8 Å². The van der Waals surface area contributed by atoms with Crippen molar-refractivity contribution < 1.29 is 9.59 Å². The highest BCUT2D eigenvalue weighted by Gasteiger charge is 2.21. The Labute approximate surface area is 204 Å². The van der Waals surface area contributed by atoms with Crippen LogP contribution in [0.15, 0.2) is 47.6 Å². The Kier molecular flexibility index (Phi) is 8.42. The number of amides is 2. The molecule has 1 heterocycles. The lowest BCUT2D eigenvalue weighted by Gasteiger charge is -2.15. The van der Waals surface area contributed by atoms with Crippen LogP contribution in [0.1, 0.15) is 36.1 Å². The van der Waals surface area contributed by atoms with Gasteiger partial charge in [-0.15, -0.1) is 10.2 Å². The lowest BCUT2D eigenvalue weighted by Crippen LogP contribution is -2.29. The number of halogens is 3. The lowest BCUT2D eigenvalue weighted by molar-refractivity contribution is -0.113. The fraction of sp³-hybridized carbons (Fsp3) is 0.238. The van der Waals surface area contributed by atoms with Crippen LogP contribution in [0.3, 0.4) is 0 Å². The Morgan fingerprint density at radius 2 is 1.81 bits per heavy atom. The van der Waals surface area contributed by atoms with Gasteiger partial charge in [-0.2, -0.15) is 0 Å². The molecule has 3 rings (SSSR count). The largest absolute Gasteiger partial charge is 0.342 e. The summed E-state index contributed by atoms with van der Waals surface area (Å²) in [5.74, 6) is 0.184. The van der Waals surface area contributed by atoms with E-state index in [1.165, 1.54) is 11.8 Å². The summed E-state index contributed by atoms with van der Waals surface area (Å²) < 4.78 is 1.86. The number of carbonyl (C=O) groups is 2. The van der Waals surface area contributed by atoms with E-state index < -0.39 is 6.04 Å². The quantitative estimate of drug-likeness (QED) is 0.390. The van der Waals surface area contributed by atoms with Crippen LogP contribution < -0.4 is 10.6 Å². The number of hydrogen-bond acceptors (Lipinski definition) is 5. The first-order chi connectivity index (χ1) is 15.3. The van der Waals surface area contributed by atoms with E-state index in [9.17, 15) is 9.59 Å². The van der Waals surface area contributed by atoms with Crippen molar-refractivity contribution in [3.8, 4) is 0 Å². The molecule has 0 spiro atoms. The Morgan fingerprint density at radius 1 is 1.06 bits per heavy atom. The molecule has 1 aromatic heterocycles. The molecule has 32 heavy (non-hydrogen) atoms. The molecule has 0 radical (unpaired) electrons. The Morgan fingerprint density at radius 3 is 2.50 bits per heavy atom. The minimum Gasteiger partial charge on any atom is -0.342 e. The molecule has 0 saturated carbocycles. The maximum absolute atomic E-state index is 12.6. The normalized spacial score (nSPS) is 11.8. The molecule has 11 heteroatoms. The first kappa shape index (κ1) is 24.4. The Balaban J connectivity index is 1.63. The fourth-order valence-corrected chi connectivity index (χ4v) is 4.24. The van der Waals surface area contributed by atoms with E-state index in [-0.39, 0.29) is 17.6 Å². The second kappa shape index (κ2) is 11.0. The zero-order chi connectivity index (χ0) is 23.3. The molecule has 3 aromatic rings. The van der Waals surface area contributed by atoms with Gasteiger partial charge in [0.25, 0.3) is 5.91 Å². The predicted octanol–water partition coefficient (Wildman–Crippen LogP) is 5.48. The molecule has 0 fully saturated rings. The van der Waals surface area contributed by atoms with Crippen LogP contribution in [0.5, 0.6) is 0 Å². The third-order valence-corrected chi connectivity index (χ3v) is 6.49. The third kappa shape index (κ3) is 5.95. The van der Waals surface area contributed by atoms with Crippen molar-refractivity contribution in [3.05, 3.63) is 68.9 Å². The van der Waals surface area contributed by atoms with E-state index in [1.54, 1.807) is 42.5 Å². The zero-order valence-electron chi connectivity index (χ0n) is 17.2. The second-order valence-electron chi connectivity index (χ2n) is 6.73. The summed E-state index contributed by atoms with van der Waals surface area (Å²) in [7, 11) is 0. The number of nitrogens with zero attached hydrogens (tertiary/aromatic N) is 3. The Hall–Kier alpha value is -2.26. The SMILES string of the molecule is CCn1c(SCC(=O)Nc2ccc(Cl)c(Cl)c2)nnc1[C@H](C)NC(=O)c1ccccc1Cl. The van der Waals surface area contributed by atoms with Gasteiger partial charge in [0.05, 0.1) is 32.4 Å². The van der Waals surface area contributed by atoms with Crippen molar-refractivity contribution in [1.82, 2.24) is 20.1 Å². The van der Waals surface area contributed by atoms with E-state index in [2.05, 4.69) is 20.8 Å². The number of anilines is 1. The van der Waals surface area contributed by atoms with Gasteiger partial charge in [-0.1, -0.05) is 58.7 Å². The molecule has 2 amide bonds. The highest BCUT2D eigenvalue weighted by Crippen LogP contribution is 2.26. The summed E-state index contributed by atoms with van der Waals surface area (Å²) in [5, 5.41) is 15.8. The predicted molar refractivity (Wildman–Crippen MR) is 129 cm³/mol. The highest BCUT2D eigenvalue weighted by molar-refractivity contribution is 7.99. The van der Waals surface area contributed by atoms with E-state index in [0.29, 0.717) is 43.8 Å². The molecular formula is C21H20Cl3N5O2S. The minimum atomic E-state index is -0.411. The first-order valence-electron chi connectivity index (χ1n) is 9.66. The molecule has 0 saturated heterocycles. The molecule has 2 N–H and O–H groups in total. The number of nitrogens with one attached hydrogen (secondary N) is 2. The van der Waals surface area contributed by atoms with Gasteiger partial charge in [0.2, 0.25) is 5.91 Å². The van der Waals surface area contributed by atoms with E-state index in [0.717, 1.165) is 0 Å². The molecule has 0 aliphatic heterocycles. The number of benzene rings is 2. The van der Waals surface area contributed by atoms with Crippen molar-refractivity contribution in [3.63, 3.8) is 0 Å². The average molecular weight is 513 g/mol. The lowest BCUT2D eigenvalue weighted by atomic mass is 10.2. The van der Waals surface area contributed by atoms with Crippen molar-refractivity contribution in [2.45, 2.75) is 31.6 Å². The molecule has 0 bridgehead atoms. The number of hydrogen-bond donors (Lipinski definition) is 2. The van der Waals surface area contributed by atoms with Crippen molar-refractivity contribution in [2.75, 3.05) is 11.1 Å². The van der Waals surface area contributed by atoms with Gasteiger partial charge in [0.15, 0.2) is 11.0 Å². The molecule has 2 aromatic carbocycles. The first-order valence-corrected chi connectivity index (χ1v) is 11.8. The van der Waals surface area contributed by atoms with Crippen molar-refractivity contribution in [2.24, 2.45) is 0 Å². The van der Waals surface area contributed by atoms with Gasteiger partial charge in [-0.05, 0) is 44.2 Å². The van der Waals surface area contributed by atoms with Crippen LogP contribution in [0.4, 0.5) is 5.69 Å². The minimum absolute atomic E-state index is 0.124. The standard InChI is InChI=1S/C21H20Cl3N5O2S/c1-3-29-19(12(2)25-20(31)14-6-4-5-7-15(14)22)27-28-21(29)32-11-18(30)26-13-8-9-16(23)17(24)10-13/h4-10,12H,3,11H2,1-2H3,(H,25,31)(H,26,30)/t12-/m0/s1. The van der Waals surface area contributed by atoms with Crippen molar-refractivity contribution in [1.29, 1.82) is 0 Å². The van der Waals surface area contributed by atoms with E-state index >= 15 is 0 Å². The van der Waals surface area contributed by atoms with Crippen LogP contribution in [-0.4, -0.2) is 32.3 Å². The van der Waals surface area contributed by atoms with Crippen LogP contribution >= 0.6 is 46.6 Å². The molecule has 7 nitrogen and oxygen atoms in total. The van der Waals surface area contributed by atoms with Gasteiger partial charge >= 0.3 is 0 Å². The summed E-state index contributed by atoms with van der Waals surface area (Å²) in [6.45, 7) is 4.33. The van der Waals surface area contributed by atoms with Gasteiger partial charge in [-0.25, -0.2) is 0 Å². The smallest absolute Gasteiger partial charge is 0.253 e. The number of thioether (sulfide) groups is 1. The second-order valence-corrected chi connectivity index (χ2v) is 8.89. The topological polar surface area (TPSA) is 88.9 Å².